The molecule has 1 heterocycles. The molecule has 0 spiro atoms. The van der Waals surface area contributed by atoms with Crippen LogP contribution in [0.5, 0.6) is 0 Å². The fraction of sp³-hybridized carbons (Fsp3) is 0.632. The lowest BCUT2D eigenvalue weighted by Gasteiger charge is -2.26. The van der Waals surface area contributed by atoms with Gasteiger partial charge in [-0.3, -0.25) is 9.69 Å². The maximum absolute atomic E-state index is 12.6. The quantitative estimate of drug-likeness (QED) is 0.752. The van der Waals surface area contributed by atoms with Crippen molar-refractivity contribution >= 4 is 5.78 Å². The van der Waals surface area contributed by atoms with Gasteiger partial charge in [-0.25, -0.2) is 0 Å². The lowest BCUT2D eigenvalue weighted by atomic mass is 9.82. The fourth-order valence-corrected chi connectivity index (χ4v) is 3.54. The minimum absolute atomic E-state index is 0.276. The third-order valence-corrected chi connectivity index (χ3v) is 5.53. The first-order valence-corrected chi connectivity index (χ1v) is 8.24. The van der Waals surface area contributed by atoms with Gasteiger partial charge in [0.1, 0.15) is 0 Å². The Morgan fingerprint density at radius 1 is 1.10 bits per heavy atom. The molecule has 0 bridgehead atoms. The Morgan fingerprint density at radius 3 is 2.29 bits per heavy atom. The smallest absolute Gasteiger partial charge is 0.177 e. The van der Waals surface area contributed by atoms with E-state index in [9.17, 15) is 4.79 Å². The number of rotatable bonds is 5. The van der Waals surface area contributed by atoms with Crippen LogP contribution in [0.15, 0.2) is 12.1 Å². The van der Waals surface area contributed by atoms with Crippen molar-refractivity contribution in [2.75, 3.05) is 19.6 Å². The van der Waals surface area contributed by atoms with Gasteiger partial charge in [-0.2, -0.15) is 0 Å². The predicted octanol–water partition coefficient (Wildman–Crippen LogP) is 4.31. The van der Waals surface area contributed by atoms with Crippen LogP contribution in [0, 0.1) is 26.2 Å². The van der Waals surface area contributed by atoms with Crippen LogP contribution >= 0.6 is 0 Å². The normalized spacial score (nSPS) is 18.1. The lowest BCUT2D eigenvalue weighted by Crippen LogP contribution is -2.31. The summed E-state index contributed by atoms with van der Waals surface area (Å²) in [5.74, 6) is 0.276. The molecule has 21 heavy (non-hydrogen) atoms. The monoisotopic (exact) mass is 287 g/mol. The molecule has 1 aliphatic heterocycles. The largest absolute Gasteiger partial charge is 0.295 e. The van der Waals surface area contributed by atoms with Gasteiger partial charge in [0.2, 0.25) is 0 Å². The molecule has 2 rings (SSSR count). The first-order valence-electron chi connectivity index (χ1n) is 8.24. The van der Waals surface area contributed by atoms with E-state index < -0.39 is 0 Å². The molecule has 1 aliphatic rings. The highest BCUT2D eigenvalue weighted by molar-refractivity contribution is 5.99. The van der Waals surface area contributed by atoms with Crippen LogP contribution in [0.3, 0.4) is 0 Å². The highest BCUT2D eigenvalue weighted by Gasteiger charge is 2.35. The number of Topliss-reactive ketones (excluding diaryl/α,β-unsaturated/α-hetero) is 1. The van der Waals surface area contributed by atoms with E-state index in [-0.39, 0.29) is 5.78 Å². The van der Waals surface area contributed by atoms with E-state index in [0.29, 0.717) is 12.0 Å². The van der Waals surface area contributed by atoms with Crippen LogP contribution in [0.4, 0.5) is 0 Å². The van der Waals surface area contributed by atoms with Crippen molar-refractivity contribution in [3.05, 3.63) is 34.4 Å². The fourth-order valence-electron chi connectivity index (χ4n) is 3.54. The summed E-state index contributed by atoms with van der Waals surface area (Å²) in [5.41, 5.74) is 4.93. The zero-order valence-electron chi connectivity index (χ0n) is 14.3. The van der Waals surface area contributed by atoms with Gasteiger partial charge < -0.3 is 0 Å². The molecule has 0 amide bonds. The van der Waals surface area contributed by atoms with Crippen molar-refractivity contribution < 1.29 is 4.79 Å². The number of hydrogen-bond acceptors (Lipinski definition) is 2. The van der Waals surface area contributed by atoms with Gasteiger partial charge in [-0.1, -0.05) is 19.9 Å². The zero-order chi connectivity index (χ0) is 15.6. The molecule has 2 heteroatoms. The standard InChI is InChI=1S/C19H29NO/c1-6-19(7-2)8-9-20(13-19)12-18(21)17-11-15(4)14(3)10-16(17)5/h10-11H,6-9,12-13H2,1-5H3. The van der Waals surface area contributed by atoms with Crippen molar-refractivity contribution in [3.8, 4) is 0 Å². The highest BCUT2D eigenvalue weighted by atomic mass is 16.1. The second kappa shape index (κ2) is 6.31. The SMILES string of the molecule is CCC1(CC)CCN(CC(=O)c2cc(C)c(C)cc2C)C1. The Labute approximate surface area is 129 Å². The molecular formula is C19H29NO. The minimum Gasteiger partial charge on any atom is -0.295 e. The second-order valence-corrected chi connectivity index (χ2v) is 6.84. The van der Waals surface area contributed by atoms with E-state index in [2.05, 4.69) is 44.7 Å². The number of likely N-dealkylation sites (tertiary alicyclic amines) is 1. The number of carbonyl (C=O) groups is 1. The molecule has 2 nitrogen and oxygen atoms in total. The van der Waals surface area contributed by atoms with Gasteiger partial charge >= 0.3 is 0 Å². The van der Waals surface area contributed by atoms with E-state index in [1.807, 2.05) is 6.92 Å². The third-order valence-electron chi connectivity index (χ3n) is 5.53. The maximum atomic E-state index is 12.6. The van der Waals surface area contributed by atoms with Gasteiger partial charge in [-0.05, 0) is 74.8 Å². The van der Waals surface area contributed by atoms with Gasteiger partial charge in [0.25, 0.3) is 0 Å². The topological polar surface area (TPSA) is 20.3 Å². The number of nitrogens with zero attached hydrogens (tertiary/aromatic N) is 1. The molecule has 0 N–H and O–H groups in total. The van der Waals surface area contributed by atoms with Crippen LogP contribution in [-0.4, -0.2) is 30.3 Å². The summed E-state index contributed by atoms with van der Waals surface area (Å²) in [4.78, 5) is 15.0. The molecule has 1 aromatic carbocycles. The molecule has 1 saturated heterocycles. The first-order chi connectivity index (χ1) is 9.90. The number of ketones is 1. The lowest BCUT2D eigenvalue weighted by molar-refractivity contribution is 0.0935. The van der Waals surface area contributed by atoms with Crippen LogP contribution in [0.2, 0.25) is 0 Å². The summed E-state index contributed by atoms with van der Waals surface area (Å²) in [6.45, 7) is 13.5. The van der Waals surface area contributed by atoms with E-state index in [0.717, 1.165) is 24.2 Å². The highest BCUT2D eigenvalue weighted by Crippen LogP contribution is 2.36. The van der Waals surface area contributed by atoms with E-state index in [1.54, 1.807) is 0 Å². The molecule has 0 radical (unpaired) electrons. The average Bonchev–Trinajstić information content (AvgIpc) is 2.86. The van der Waals surface area contributed by atoms with Crippen molar-refractivity contribution in [2.45, 2.75) is 53.9 Å². The molecule has 0 unspecified atom stereocenters. The maximum Gasteiger partial charge on any atom is 0.177 e. The molecule has 0 saturated carbocycles. The van der Waals surface area contributed by atoms with Gasteiger partial charge in [0, 0.05) is 12.1 Å². The summed E-state index contributed by atoms with van der Waals surface area (Å²) >= 11 is 0. The van der Waals surface area contributed by atoms with Crippen molar-refractivity contribution in [2.24, 2.45) is 5.41 Å². The Morgan fingerprint density at radius 2 is 1.71 bits per heavy atom. The molecule has 0 aromatic heterocycles. The summed E-state index contributed by atoms with van der Waals surface area (Å²) in [6.07, 6.45) is 3.67. The molecule has 0 aliphatic carbocycles. The third kappa shape index (κ3) is 3.37. The van der Waals surface area contributed by atoms with Crippen LogP contribution in [0.25, 0.3) is 0 Å². The van der Waals surface area contributed by atoms with Crippen molar-refractivity contribution in [1.29, 1.82) is 0 Å². The number of carbonyl (C=O) groups excluding carboxylic acids is 1. The molecule has 1 fully saturated rings. The van der Waals surface area contributed by atoms with E-state index in [4.69, 9.17) is 0 Å². The van der Waals surface area contributed by atoms with Gasteiger partial charge in [0.15, 0.2) is 5.78 Å². The first kappa shape index (κ1) is 16.2. The molecule has 1 aromatic rings. The minimum atomic E-state index is 0.276. The second-order valence-electron chi connectivity index (χ2n) is 6.84. The number of aryl methyl sites for hydroxylation is 3. The van der Waals surface area contributed by atoms with Crippen LogP contribution in [-0.2, 0) is 0 Å². The Hall–Kier alpha value is -1.15. The van der Waals surface area contributed by atoms with E-state index in [1.165, 1.54) is 30.4 Å². The van der Waals surface area contributed by atoms with Crippen LogP contribution in [0.1, 0.15) is 60.2 Å². The summed E-state index contributed by atoms with van der Waals surface area (Å²) < 4.78 is 0. The molecular weight excluding hydrogens is 258 g/mol. The Balaban J connectivity index is 2.08. The number of benzene rings is 1. The van der Waals surface area contributed by atoms with Crippen LogP contribution < -0.4 is 0 Å². The molecule has 0 atom stereocenters. The zero-order valence-corrected chi connectivity index (χ0v) is 14.3. The van der Waals surface area contributed by atoms with Crippen molar-refractivity contribution in [1.82, 2.24) is 4.90 Å². The van der Waals surface area contributed by atoms with Gasteiger partial charge in [-0.15, -0.1) is 0 Å². The summed E-state index contributed by atoms with van der Waals surface area (Å²) in [7, 11) is 0. The average molecular weight is 287 g/mol. The summed E-state index contributed by atoms with van der Waals surface area (Å²) in [5, 5.41) is 0. The number of hydrogen-bond donors (Lipinski definition) is 0. The molecule has 116 valence electrons. The van der Waals surface area contributed by atoms with Gasteiger partial charge in [0.05, 0.1) is 6.54 Å². The predicted molar refractivity (Wildman–Crippen MR) is 89.1 cm³/mol. The Kier molecular flexibility index (Phi) is 4.88. The van der Waals surface area contributed by atoms with Crippen molar-refractivity contribution in [3.63, 3.8) is 0 Å². The Bertz CT molecular complexity index is 529. The van der Waals surface area contributed by atoms with E-state index >= 15 is 0 Å². The summed E-state index contributed by atoms with van der Waals surface area (Å²) in [6, 6.07) is 4.20.